The number of anilines is 1. The van der Waals surface area contributed by atoms with Gasteiger partial charge in [-0.05, 0) is 53.6 Å². The number of carbonyl (C=O) groups excluding carboxylic acids is 1. The van der Waals surface area contributed by atoms with Gasteiger partial charge in [-0.15, -0.1) is 5.10 Å². The molecule has 0 aliphatic heterocycles. The maximum absolute atomic E-state index is 12.4. The first-order valence-corrected chi connectivity index (χ1v) is 9.51. The minimum atomic E-state index is -0.191. The van der Waals surface area contributed by atoms with Gasteiger partial charge < -0.3 is 14.8 Å². The predicted octanol–water partition coefficient (Wildman–Crippen LogP) is 3.03. The lowest BCUT2D eigenvalue weighted by Crippen LogP contribution is -2.15. The number of ether oxygens (including phenoxy) is 2. The van der Waals surface area contributed by atoms with Crippen LogP contribution in [0.4, 0.5) is 5.69 Å². The molecule has 1 heterocycles. The van der Waals surface area contributed by atoms with Crippen LogP contribution in [0.15, 0.2) is 41.6 Å². The fourth-order valence-electron chi connectivity index (χ4n) is 2.59. The maximum Gasteiger partial charge on any atom is 0.234 e. The highest BCUT2D eigenvalue weighted by molar-refractivity contribution is 7.99. The van der Waals surface area contributed by atoms with Gasteiger partial charge in [-0.2, -0.15) is 4.68 Å². The van der Waals surface area contributed by atoms with Gasteiger partial charge in [0.25, 0.3) is 0 Å². The van der Waals surface area contributed by atoms with Gasteiger partial charge in [0.15, 0.2) is 0 Å². The van der Waals surface area contributed by atoms with E-state index in [0.717, 1.165) is 16.8 Å². The van der Waals surface area contributed by atoms with E-state index >= 15 is 0 Å². The fraction of sp³-hybridized carbons (Fsp3) is 0.263. The summed E-state index contributed by atoms with van der Waals surface area (Å²) in [6.45, 7) is 4.00. The molecule has 1 aromatic heterocycles. The van der Waals surface area contributed by atoms with Gasteiger partial charge in [0.1, 0.15) is 11.5 Å². The largest absolute Gasteiger partial charge is 0.497 e. The number of aryl methyl sites for hydroxylation is 2. The van der Waals surface area contributed by atoms with Gasteiger partial charge in [0, 0.05) is 6.07 Å². The van der Waals surface area contributed by atoms with Crippen molar-refractivity contribution >= 4 is 23.4 Å². The van der Waals surface area contributed by atoms with E-state index < -0.39 is 0 Å². The van der Waals surface area contributed by atoms with Crippen molar-refractivity contribution in [3.63, 3.8) is 0 Å². The molecule has 0 atom stereocenters. The summed E-state index contributed by atoms with van der Waals surface area (Å²) in [6.07, 6.45) is 0. The zero-order chi connectivity index (χ0) is 20.1. The molecular formula is C19H21N5O3S. The lowest BCUT2D eigenvalue weighted by molar-refractivity contribution is -0.113. The number of thioether (sulfide) groups is 1. The van der Waals surface area contributed by atoms with Gasteiger partial charge in [-0.3, -0.25) is 4.79 Å². The molecule has 0 unspecified atom stereocenters. The normalized spacial score (nSPS) is 10.6. The van der Waals surface area contributed by atoms with Crippen LogP contribution in [-0.2, 0) is 4.79 Å². The Morgan fingerprint density at radius 2 is 1.96 bits per heavy atom. The fourth-order valence-corrected chi connectivity index (χ4v) is 3.27. The first-order valence-electron chi connectivity index (χ1n) is 8.52. The molecule has 9 heteroatoms. The number of hydrogen-bond donors (Lipinski definition) is 1. The lowest BCUT2D eigenvalue weighted by Gasteiger charge is -2.11. The second-order valence-corrected chi connectivity index (χ2v) is 7.01. The van der Waals surface area contributed by atoms with Gasteiger partial charge >= 0.3 is 0 Å². The standard InChI is InChI=1S/C19H21N5O3S/c1-12-5-6-13(2)16(9-12)24-19(21-22-23-24)28-11-18(25)20-15-8-7-14(26-3)10-17(15)27-4/h5-10H,11H2,1-4H3,(H,20,25). The number of tetrazole rings is 1. The van der Waals surface area contributed by atoms with E-state index in [0.29, 0.717) is 22.3 Å². The summed E-state index contributed by atoms with van der Waals surface area (Å²) in [7, 11) is 3.11. The summed E-state index contributed by atoms with van der Waals surface area (Å²) in [5, 5.41) is 15.2. The highest BCUT2D eigenvalue weighted by Gasteiger charge is 2.15. The van der Waals surface area contributed by atoms with Crippen LogP contribution in [0.3, 0.4) is 0 Å². The molecule has 0 radical (unpaired) electrons. The van der Waals surface area contributed by atoms with Crippen LogP contribution in [0.2, 0.25) is 0 Å². The molecule has 28 heavy (non-hydrogen) atoms. The van der Waals surface area contributed by atoms with Gasteiger partial charge in [0.2, 0.25) is 11.1 Å². The molecular weight excluding hydrogens is 378 g/mol. The van der Waals surface area contributed by atoms with Crippen LogP contribution in [-0.4, -0.2) is 46.1 Å². The number of benzene rings is 2. The summed E-state index contributed by atoms with van der Waals surface area (Å²) < 4.78 is 12.1. The Morgan fingerprint density at radius 1 is 1.14 bits per heavy atom. The first-order chi connectivity index (χ1) is 13.5. The molecule has 3 aromatic rings. The van der Waals surface area contributed by atoms with E-state index in [4.69, 9.17) is 9.47 Å². The molecule has 2 aromatic carbocycles. The number of aromatic nitrogens is 4. The Bertz CT molecular complexity index is 989. The molecule has 0 aliphatic carbocycles. The molecule has 3 rings (SSSR count). The Kier molecular flexibility index (Phi) is 6.15. The van der Waals surface area contributed by atoms with E-state index in [1.807, 2.05) is 32.0 Å². The van der Waals surface area contributed by atoms with Crippen molar-refractivity contribution < 1.29 is 14.3 Å². The third kappa shape index (κ3) is 4.42. The Morgan fingerprint density at radius 3 is 2.71 bits per heavy atom. The van der Waals surface area contributed by atoms with Crippen LogP contribution in [0, 0.1) is 13.8 Å². The highest BCUT2D eigenvalue weighted by Crippen LogP contribution is 2.29. The van der Waals surface area contributed by atoms with E-state index in [9.17, 15) is 4.79 Å². The summed E-state index contributed by atoms with van der Waals surface area (Å²) in [4.78, 5) is 12.4. The topological polar surface area (TPSA) is 91.2 Å². The average Bonchev–Trinajstić information content (AvgIpc) is 3.17. The van der Waals surface area contributed by atoms with E-state index in [1.54, 1.807) is 30.0 Å². The van der Waals surface area contributed by atoms with Crippen molar-refractivity contribution in [3.05, 3.63) is 47.5 Å². The van der Waals surface area contributed by atoms with Crippen molar-refractivity contribution in [1.29, 1.82) is 0 Å². The Hall–Kier alpha value is -3.07. The second-order valence-electron chi connectivity index (χ2n) is 6.07. The van der Waals surface area contributed by atoms with Crippen molar-refractivity contribution in [1.82, 2.24) is 20.2 Å². The SMILES string of the molecule is COc1ccc(NC(=O)CSc2nnnn2-c2cc(C)ccc2C)c(OC)c1. The minimum absolute atomic E-state index is 0.153. The quantitative estimate of drug-likeness (QED) is 0.611. The smallest absolute Gasteiger partial charge is 0.234 e. The molecule has 0 bridgehead atoms. The first kappa shape index (κ1) is 19.7. The number of methoxy groups -OCH3 is 2. The Balaban J connectivity index is 1.70. The lowest BCUT2D eigenvalue weighted by atomic mass is 10.1. The second kappa shape index (κ2) is 8.75. The molecule has 146 valence electrons. The molecule has 0 saturated carbocycles. The van der Waals surface area contributed by atoms with Crippen molar-refractivity contribution in [3.8, 4) is 17.2 Å². The van der Waals surface area contributed by atoms with E-state index in [1.165, 1.54) is 18.9 Å². The van der Waals surface area contributed by atoms with Crippen LogP contribution in [0.5, 0.6) is 11.5 Å². The Labute approximate surface area is 167 Å². The molecule has 0 fully saturated rings. The number of rotatable bonds is 7. The van der Waals surface area contributed by atoms with Gasteiger partial charge in [-0.1, -0.05) is 23.9 Å². The maximum atomic E-state index is 12.4. The van der Waals surface area contributed by atoms with E-state index in [-0.39, 0.29) is 11.7 Å². The number of carbonyl (C=O) groups is 1. The van der Waals surface area contributed by atoms with E-state index in [2.05, 4.69) is 20.8 Å². The highest BCUT2D eigenvalue weighted by atomic mass is 32.2. The number of hydrogen-bond acceptors (Lipinski definition) is 7. The number of nitrogens with zero attached hydrogens (tertiary/aromatic N) is 4. The number of amides is 1. The predicted molar refractivity (Wildman–Crippen MR) is 108 cm³/mol. The molecule has 0 aliphatic rings. The van der Waals surface area contributed by atoms with Crippen molar-refractivity contribution in [2.24, 2.45) is 0 Å². The molecule has 1 amide bonds. The molecule has 8 nitrogen and oxygen atoms in total. The van der Waals surface area contributed by atoms with Crippen LogP contribution >= 0.6 is 11.8 Å². The zero-order valence-corrected chi connectivity index (χ0v) is 16.9. The van der Waals surface area contributed by atoms with Crippen LogP contribution in [0.25, 0.3) is 5.69 Å². The molecule has 0 spiro atoms. The summed E-state index contributed by atoms with van der Waals surface area (Å²) in [6, 6.07) is 11.3. The molecule has 1 N–H and O–H groups in total. The van der Waals surface area contributed by atoms with Crippen LogP contribution in [0.1, 0.15) is 11.1 Å². The third-order valence-electron chi connectivity index (χ3n) is 4.05. The summed E-state index contributed by atoms with van der Waals surface area (Å²) in [5.41, 5.74) is 3.62. The summed E-state index contributed by atoms with van der Waals surface area (Å²) >= 11 is 1.26. The zero-order valence-electron chi connectivity index (χ0n) is 16.1. The van der Waals surface area contributed by atoms with Crippen molar-refractivity contribution in [2.45, 2.75) is 19.0 Å². The summed E-state index contributed by atoms with van der Waals surface area (Å²) in [5.74, 6) is 1.14. The van der Waals surface area contributed by atoms with Gasteiger partial charge in [-0.25, -0.2) is 0 Å². The van der Waals surface area contributed by atoms with Crippen molar-refractivity contribution in [2.75, 3.05) is 25.3 Å². The minimum Gasteiger partial charge on any atom is -0.497 e. The number of nitrogens with one attached hydrogen (secondary N) is 1. The monoisotopic (exact) mass is 399 g/mol. The average molecular weight is 399 g/mol. The third-order valence-corrected chi connectivity index (χ3v) is 4.97. The van der Waals surface area contributed by atoms with Gasteiger partial charge in [0.05, 0.1) is 31.3 Å². The molecule has 0 saturated heterocycles. The van der Waals surface area contributed by atoms with Crippen LogP contribution < -0.4 is 14.8 Å².